The van der Waals surface area contributed by atoms with E-state index >= 15 is 0 Å². The molecule has 0 radical (unpaired) electrons. The fourth-order valence-electron chi connectivity index (χ4n) is 2.34. The third-order valence-electron chi connectivity index (χ3n) is 3.59. The van der Waals surface area contributed by atoms with Gasteiger partial charge in [0.25, 0.3) is 5.91 Å². The van der Waals surface area contributed by atoms with Crippen LogP contribution in [0.2, 0.25) is 0 Å². The monoisotopic (exact) mass is 331 g/mol. The summed E-state index contributed by atoms with van der Waals surface area (Å²) in [5.41, 5.74) is 9.00. The molecule has 0 saturated carbocycles. The average Bonchev–Trinajstić information content (AvgIpc) is 2.86. The fraction of sp³-hybridized carbons (Fsp3) is 0.375. The average molecular weight is 331 g/mol. The van der Waals surface area contributed by atoms with Crippen LogP contribution in [0.4, 0.5) is 4.79 Å². The minimum Gasteiger partial charge on any atom is -0.450 e. The van der Waals surface area contributed by atoms with Crippen LogP contribution in [0.5, 0.6) is 0 Å². The van der Waals surface area contributed by atoms with Crippen LogP contribution in [0.25, 0.3) is 0 Å². The molecule has 0 aliphatic heterocycles. The van der Waals surface area contributed by atoms with E-state index < -0.39 is 6.09 Å². The Bertz CT molecular complexity index is 754. The normalized spacial score (nSPS) is 10.5. The van der Waals surface area contributed by atoms with E-state index in [9.17, 15) is 9.59 Å². The first-order chi connectivity index (χ1) is 11.5. The zero-order chi connectivity index (χ0) is 17.7. The van der Waals surface area contributed by atoms with Crippen LogP contribution >= 0.6 is 0 Å². The van der Waals surface area contributed by atoms with Crippen LogP contribution in [-0.2, 0) is 17.8 Å². The van der Waals surface area contributed by atoms with Crippen LogP contribution in [0.15, 0.2) is 18.3 Å². The number of aromatic nitrogens is 3. The summed E-state index contributed by atoms with van der Waals surface area (Å²) in [5.74, 6) is -0.268. The molecule has 2 heterocycles. The molecule has 0 spiro atoms. The summed E-state index contributed by atoms with van der Waals surface area (Å²) in [6, 6.07) is 3.22. The molecule has 8 nitrogen and oxygen atoms in total. The molecule has 8 heteroatoms. The Balaban J connectivity index is 2.19. The molecular formula is C16H21N5O3. The minimum atomic E-state index is -0.526. The van der Waals surface area contributed by atoms with E-state index in [2.05, 4.69) is 15.4 Å². The molecular weight excluding hydrogens is 310 g/mol. The number of amides is 1. The predicted molar refractivity (Wildman–Crippen MR) is 87.4 cm³/mol. The molecule has 2 aromatic rings. The maximum absolute atomic E-state index is 12.7. The van der Waals surface area contributed by atoms with Gasteiger partial charge in [-0.3, -0.25) is 9.78 Å². The second-order valence-corrected chi connectivity index (χ2v) is 5.18. The van der Waals surface area contributed by atoms with Gasteiger partial charge in [0.15, 0.2) is 0 Å². The first-order valence-corrected chi connectivity index (χ1v) is 7.63. The van der Waals surface area contributed by atoms with Gasteiger partial charge in [-0.15, -0.1) is 0 Å². The Morgan fingerprint density at radius 3 is 2.75 bits per heavy atom. The third kappa shape index (κ3) is 3.77. The van der Waals surface area contributed by atoms with Crippen LogP contribution in [0, 0.1) is 13.8 Å². The van der Waals surface area contributed by atoms with Crippen LogP contribution in [-0.4, -0.2) is 33.4 Å². The van der Waals surface area contributed by atoms with Gasteiger partial charge in [-0.1, -0.05) is 0 Å². The van der Waals surface area contributed by atoms with Gasteiger partial charge >= 0.3 is 6.09 Å². The zero-order valence-corrected chi connectivity index (χ0v) is 14.0. The lowest BCUT2D eigenvalue weighted by Crippen LogP contribution is -2.24. The van der Waals surface area contributed by atoms with Crippen molar-refractivity contribution < 1.29 is 14.3 Å². The molecule has 1 amide bonds. The Morgan fingerprint density at radius 1 is 1.38 bits per heavy atom. The van der Waals surface area contributed by atoms with Crippen molar-refractivity contribution in [2.24, 2.45) is 5.73 Å². The van der Waals surface area contributed by atoms with Crippen molar-refractivity contribution in [2.75, 3.05) is 6.61 Å². The molecule has 0 aromatic carbocycles. The van der Waals surface area contributed by atoms with Gasteiger partial charge in [-0.2, -0.15) is 5.10 Å². The van der Waals surface area contributed by atoms with Crippen molar-refractivity contribution in [1.29, 1.82) is 0 Å². The number of pyridine rings is 1. The summed E-state index contributed by atoms with van der Waals surface area (Å²) in [6.07, 6.45) is 0.993. The standard InChI is InChI=1S/C16H21N5O3/c1-4-24-16(23)19-9-13-7-12(5-6-18-13)15(22)21-11(3)14(8-17)10(2)20-21/h5-7H,4,8-9,17H2,1-3H3,(H,19,23). The number of nitrogens with one attached hydrogen (secondary N) is 1. The Kier molecular flexibility index (Phi) is 5.64. The maximum atomic E-state index is 12.7. The van der Waals surface area contributed by atoms with Crippen LogP contribution in [0.1, 0.15) is 39.9 Å². The predicted octanol–water partition coefficient (Wildman–Crippen LogP) is 1.29. The van der Waals surface area contributed by atoms with E-state index in [1.807, 2.05) is 13.8 Å². The number of nitrogens with two attached hydrogens (primary N) is 1. The van der Waals surface area contributed by atoms with Crippen molar-refractivity contribution in [3.63, 3.8) is 0 Å². The van der Waals surface area contributed by atoms with Crippen molar-refractivity contribution in [1.82, 2.24) is 20.1 Å². The number of hydrogen-bond acceptors (Lipinski definition) is 6. The number of nitrogens with zero attached hydrogens (tertiary/aromatic N) is 3. The van der Waals surface area contributed by atoms with Crippen LogP contribution < -0.4 is 11.1 Å². The van der Waals surface area contributed by atoms with Gasteiger partial charge in [0.05, 0.1) is 24.5 Å². The summed E-state index contributed by atoms with van der Waals surface area (Å²) < 4.78 is 6.13. The molecule has 0 aliphatic rings. The molecule has 0 saturated heterocycles. The molecule has 128 valence electrons. The molecule has 0 unspecified atom stereocenters. The number of carbonyl (C=O) groups is 2. The van der Waals surface area contributed by atoms with Gasteiger partial charge in [0.2, 0.25) is 0 Å². The molecule has 2 aromatic heterocycles. The lowest BCUT2D eigenvalue weighted by atomic mass is 10.2. The molecule has 0 fully saturated rings. The van der Waals surface area contributed by atoms with Crippen LogP contribution in [0.3, 0.4) is 0 Å². The Hall–Kier alpha value is -2.74. The van der Waals surface area contributed by atoms with Gasteiger partial charge in [-0.05, 0) is 32.9 Å². The zero-order valence-electron chi connectivity index (χ0n) is 14.0. The number of carbonyl (C=O) groups excluding carboxylic acids is 2. The summed E-state index contributed by atoms with van der Waals surface area (Å²) in [7, 11) is 0. The van der Waals surface area contributed by atoms with E-state index in [1.54, 1.807) is 19.1 Å². The lowest BCUT2D eigenvalue weighted by molar-refractivity contribution is 0.0942. The smallest absolute Gasteiger partial charge is 0.407 e. The molecule has 0 bridgehead atoms. The molecule has 3 N–H and O–H groups in total. The number of aryl methyl sites for hydroxylation is 1. The first-order valence-electron chi connectivity index (χ1n) is 7.63. The summed E-state index contributed by atoms with van der Waals surface area (Å²) >= 11 is 0. The van der Waals surface area contributed by atoms with Crippen molar-refractivity contribution in [3.05, 3.63) is 46.5 Å². The second-order valence-electron chi connectivity index (χ2n) is 5.18. The number of ether oxygens (including phenoxy) is 1. The highest BCUT2D eigenvalue weighted by molar-refractivity contribution is 5.96. The van der Waals surface area contributed by atoms with Crippen molar-refractivity contribution in [3.8, 4) is 0 Å². The number of alkyl carbamates (subject to hydrolysis) is 1. The highest BCUT2D eigenvalue weighted by Gasteiger charge is 2.17. The summed E-state index contributed by atoms with van der Waals surface area (Å²) in [4.78, 5) is 28.1. The first kappa shape index (κ1) is 17.6. The Morgan fingerprint density at radius 2 is 2.12 bits per heavy atom. The lowest BCUT2D eigenvalue weighted by Gasteiger charge is -2.07. The SMILES string of the molecule is CCOC(=O)NCc1cc(C(=O)n2nc(C)c(CN)c2C)ccn1. The summed E-state index contributed by atoms with van der Waals surface area (Å²) in [5, 5.41) is 6.83. The van der Waals surface area contributed by atoms with Crippen molar-refractivity contribution >= 4 is 12.0 Å². The fourth-order valence-corrected chi connectivity index (χ4v) is 2.34. The highest BCUT2D eigenvalue weighted by atomic mass is 16.5. The third-order valence-corrected chi connectivity index (χ3v) is 3.59. The minimum absolute atomic E-state index is 0.172. The molecule has 0 atom stereocenters. The van der Waals surface area contributed by atoms with Crippen molar-refractivity contribution in [2.45, 2.75) is 33.9 Å². The molecule has 24 heavy (non-hydrogen) atoms. The van der Waals surface area contributed by atoms with Gasteiger partial charge < -0.3 is 15.8 Å². The topological polar surface area (TPSA) is 112 Å². The highest BCUT2D eigenvalue weighted by Crippen LogP contribution is 2.14. The van der Waals surface area contributed by atoms with E-state index in [4.69, 9.17) is 10.5 Å². The van der Waals surface area contributed by atoms with E-state index in [1.165, 1.54) is 10.9 Å². The quantitative estimate of drug-likeness (QED) is 0.854. The van der Waals surface area contributed by atoms with Gasteiger partial charge in [-0.25, -0.2) is 9.48 Å². The number of rotatable bonds is 5. The largest absolute Gasteiger partial charge is 0.450 e. The maximum Gasteiger partial charge on any atom is 0.407 e. The van der Waals surface area contributed by atoms with E-state index in [0.717, 1.165) is 17.0 Å². The van der Waals surface area contributed by atoms with Gasteiger partial charge in [0, 0.05) is 29.6 Å². The van der Waals surface area contributed by atoms with E-state index in [0.29, 0.717) is 24.4 Å². The molecule has 0 aliphatic carbocycles. The second kappa shape index (κ2) is 7.69. The van der Waals surface area contributed by atoms with E-state index in [-0.39, 0.29) is 12.5 Å². The molecule has 2 rings (SSSR count). The van der Waals surface area contributed by atoms with Gasteiger partial charge in [0.1, 0.15) is 0 Å². The Labute approximate surface area is 140 Å². The number of hydrogen-bond donors (Lipinski definition) is 2. The summed E-state index contributed by atoms with van der Waals surface area (Å²) in [6.45, 7) is 6.14.